The zero-order chi connectivity index (χ0) is 16.5. The van der Waals surface area contributed by atoms with Crippen LogP contribution in [0.2, 0.25) is 4.34 Å². The third-order valence-electron chi connectivity index (χ3n) is 3.26. The average Bonchev–Trinajstić information content (AvgIpc) is 3.25. The lowest BCUT2D eigenvalue weighted by Gasteiger charge is -2.26. The Morgan fingerprint density at radius 3 is 2.61 bits per heavy atom. The fourth-order valence-corrected chi connectivity index (χ4v) is 6.21. The van der Waals surface area contributed by atoms with Gasteiger partial charge in [-0.15, -0.1) is 22.7 Å². The molecule has 0 saturated heterocycles. The quantitative estimate of drug-likeness (QED) is 0.656. The summed E-state index contributed by atoms with van der Waals surface area (Å²) >= 11 is 9.61. The van der Waals surface area contributed by atoms with E-state index in [-0.39, 0.29) is 10.8 Å². The van der Waals surface area contributed by atoms with Crippen LogP contribution in [0.1, 0.15) is 10.4 Å². The highest BCUT2D eigenvalue weighted by Gasteiger charge is 2.35. The van der Waals surface area contributed by atoms with Crippen LogP contribution in [-0.4, -0.2) is 20.1 Å². The number of sulfonamides is 1. The minimum Gasteiger partial charge on any atom is -0.378 e. The van der Waals surface area contributed by atoms with Crippen molar-refractivity contribution >= 4 is 55.6 Å². The fraction of sp³-hybridized carbons (Fsp3) is 0.143. The lowest BCUT2D eigenvalue weighted by molar-refractivity contribution is 0.0903. The second kappa shape index (κ2) is 6.64. The largest absolute Gasteiger partial charge is 0.378 e. The molecule has 9 heteroatoms. The highest BCUT2D eigenvalue weighted by molar-refractivity contribution is 7.91. The Bertz CT molecular complexity index is 835. The summed E-state index contributed by atoms with van der Waals surface area (Å²) in [5.74, 6) is 0. The Hall–Kier alpha value is -0.740. The molecule has 122 valence electrons. The van der Waals surface area contributed by atoms with Gasteiger partial charge in [0.1, 0.15) is 9.81 Å². The van der Waals surface area contributed by atoms with Crippen LogP contribution in [0.25, 0.3) is 0 Å². The summed E-state index contributed by atoms with van der Waals surface area (Å²) in [5, 5.41) is 16.6. The third-order valence-corrected chi connectivity index (χ3v) is 8.09. The molecule has 0 amide bonds. The second-order valence-corrected chi connectivity index (χ2v) is 10.2. The number of halogens is 1. The van der Waals surface area contributed by atoms with Crippen LogP contribution >= 0.6 is 45.6 Å². The standard InChI is InChI=1S/C14H12ClNO3S4/c15-12-3-4-13(22-12)23(18,19)16-9-14(17,10-5-7-20-8-10)11-2-1-6-21-11/h1-8,16-17H,9H2. The van der Waals surface area contributed by atoms with Crippen LogP contribution in [0.15, 0.2) is 50.7 Å². The van der Waals surface area contributed by atoms with Crippen LogP contribution in [0.4, 0.5) is 0 Å². The summed E-state index contributed by atoms with van der Waals surface area (Å²) in [5.41, 5.74) is -0.737. The molecule has 3 heterocycles. The fourth-order valence-electron chi connectivity index (χ4n) is 2.06. The molecule has 23 heavy (non-hydrogen) atoms. The minimum atomic E-state index is -3.72. The van der Waals surface area contributed by atoms with Gasteiger partial charge in [0.15, 0.2) is 0 Å². The first kappa shape index (κ1) is 17.1. The number of hydrogen-bond acceptors (Lipinski definition) is 6. The molecule has 0 aliphatic heterocycles. The van der Waals surface area contributed by atoms with Gasteiger partial charge in [0.25, 0.3) is 0 Å². The molecule has 0 fully saturated rings. The van der Waals surface area contributed by atoms with Gasteiger partial charge in [0.2, 0.25) is 10.0 Å². The van der Waals surface area contributed by atoms with Crippen molar-refractivity contribution in [2.75, 3.05) is 6.54 Å². The van der Waals surface area contributed by atoms with Crippen LogP contribution < -0.4 is 4.72 Å². The molecule has 2 N–H and O–H groups in total. The lowest BCUT2D eigenvalue weighted by atomic mass is 9.95. The molecular formula is C14H12ClNO3S4. The summed E-state index contributed by atoms with van der Waals surface area (Å²) in [7, 11) is -3.72. The Morgan fingerprint density at radius 1 is 1.22 bits per heavy atom. The predicted molar refractivity (Wildman–Crippen MR) is 96.2 cm³/mol. The van der Waals surface area contributed by atoms with Crippen LogP contribution in [0.3, 0.4) is 0 Å². The summed E-state index contributed by atoms with van der Waals surface area (Å²) in [6.07, 6.45) is 0. The summed E-state index contributed by atoms with van der Waals surface area (Å²) in [4.78, 5) is 0.683. The van der Waals surface area contributed by atoms with Crippen molar-refractivity contribution in [2.45, 2.75) is 9.81 Å². The van der Waals surface area contributed by atoms with E-state index in [2.05, 4.69) is 4.72 Å². The van der Waals surface area contributed by atoms with Gasteiger partial charge in [-0.2, -0.15) is 11.3 Å². The SMILES string of the molecule is O=S(=O)(NCC(O)(c1ccsc1)c1cccs1)c1ccc(Cl)s1. The molecule has 0 aliphatic carbocycles. The smallest absolute Gasteiger partial charge is 0.250 e. The summed E-state index contributed by atoms with van der Waals surface area (Å²) in [6, 6.07) is 8.39. The van der Waals surface area contributed by atoms with E-state index in [9.17, 15) is 13.5 Å². The monoisotopic (exact) mass is 405 g/mol. The van der Waals surface area contributed by atoms with E-state index in [1.165, 1.54) is 34.8 Å². The third kappa shape index (κ3) is 3.53. The summed E-state index contributed by atoms with van der Waals surface area (Å²) in [6.45, 7) is -0.151. The van der Waals surface area contributed by atoms with Gasteiger partial charge in [-0.05, 0) is 40.4 Å². The van der Waals surface area contributed by atoms with Gasteiger partial charge >= 0.3 is 0 Å². The van der Waals surface area contributed by atoms with Crippen molar-refractivity contribution in [3.63, 3.8) is 0 Å². The van der Waals surface area contributed by atoms with Crippen molar-refractivity contribution in [3.05, 3.63) is 61.2 Å². The zero-order valence-electron chi connectivity index (χ0n) is 11.6. The average molecular weight is 406 g/mol. The van der Waals surface area contributed by atoms with E-state index in [1.54, 1.807) is 12.1 Å². The van der Waals surface area contributed by atoms with Gasteiger partial charge in [-0.25, -0.2) is 13.1 Å². The molecule has 0 bridgehead atoms. The molecule has 0 radical (unpaired) electrons. The van der Waals surface area contributed by atoms with Crippen molar-refractivity contribution in [2.24, 2.45) is 0 Å². The first-order chi connectivity index (χ1) is 10.9. The molecule has 3 rings (SSSR count). The molecular weight excluding hydrogens is 394 g/mol. The molecule has 3 aromatic heterocycles. The van der Waals surface area contributed by atoms with E-state index in [4.69, 9.17) is 11.6 Å². The zero-order valence-corrected chi connectivity index (χ0v) is 15.6. The van der Waals surface area contributed by atoms with E-state index in [0.717, 1.165) is 11.3 Å². The first-order valence-corrected chi connectivity index (χ1v) is 11.0. The molecule has 0 aliphatic rings. The number of nitrogens with one attached hydrogen (secondary N) is 1. The normalized spacial score (nSPS) is 14.7. The number of rotatable bonds is 6. The Kier molecular flexibility index (Phi) is 4.93. The van der Waals surface area contributed by atoms with Crippen LogP contribution in [0.5, 0.6) is 0 Å². The van der Waals surface area contributed by atoms with E-state index in [0.29, 0.717) is 14.8 Å². The molecule has 0 spiro atoms. The van der Waals surface area contributed by atoms with Crippen molar-refractivity contribution in [3.8, 4) is 0 Å². The van der Waals surface area contributed by atoms with Gasteiger partial charge in [0.05, 0.1) is 4.34 Å². The van der Waals surface area contributed by atoms with Crippen LogP contribution in [0, 0.1) is 0 Å². The lowest BCUT2D eigenvalue weighted by Crippen LogP contribution is -2.40. The molecule has 1 atom stereocenters. The molecule has 4 nitrogen and oxygen atoms in total. The van der Waals surface area contributed by atoms with Crippen molar-refractivity contribution in [1.82, 2.24) is 4.72 Å². The van der Waals surface area contributed by atoms with Crippen molar-refractivity contribution < 1.29 is 13.5 Å². The van der Waals surface area contributed by atoms with Gasteiger partial charge in [0, 0.05) is 17.0 Å². The number of thiophene rings is 3. The maximum atomic E-state index is 12.4. The van der Waals surface area contributed by atoms with Gasteiger partial charge in [-0.1, -0.05) is 17.7 Å². The van der Waals surface area contributed by atoms with Crippen LogP contribution in [-0.2, 0) is 15.6 Å². The maximum Gasteiger partial charge on any atom is 0.250 e. The topological polar surface area (TPSA) is 66.4 Å². The minimum absolute atomic E-state index is 0.126. The first-order valence-electron chi connectivity index (χ1n) is 6.46. The maximum absolute atomic E-state index is 12.4. The summed E-state index contributed by atoms with van der Waals surface area (Å²) < 4.78 is 27.8. The highest BCUT2D eigenvalue weighted by atomic mass is 35.5. The van der Waals surface area contributed by atoms with Gasteiger partial charge < -0.3 is 5.11 Å². The second-order valence-electron chi connectivity index (χ2n) is 4.73. The predicted octanol–water partition coefficient (Wildman–Crippen LogP) is 3.74. The van der Waals surface area contributed by atoms with E-state index in [1.807, 2.05) is 22.2 Å². The van der Waals surface area contributed by atoms with E-state index >= 15 is 0 Å². The van der Waals surface area contributed by atoms with E-state index < -0.39 is 15.6 Å². The Balaban J connectivity index is 1.89. The van der Waals surface area contributed by atoms with Gasteiger partial charge in [-0.3, -0.25) is 0 Å². The molecule has 0 aromatic carbocycles. The molecule has 1 unspecified atom stereocenters. The number of aliphatic hydroxyl groups is 1. The Labute approximate surface area is 151 Å². The molecule has 3 aromatic rings. The number of hydrogen-bond donors (Lipinski definition) is 2. The molecule has 0 saturated carbocycles. The highest BCUT2D eigenvalue weighted by Crippen LogP contribution is 2.34. The van der Waals surface area contributed by atoms with Crippen molar-refractivity contribution in [1.29, 1.82) is 0 Å². The Morgan fingerprint density at radius 2 is 2.04 bits per heavy atom.